The minimum absolute atomic E-state index is 0.576. The maximum absolute atomic E-state index is 10.8. The Hall–Kier alpha value is -0.0900. The molecule has 0 radical (unpaired) electrons. The Morgan fingerprint density at radius 2 is 1.60 bits per heavy atom. The van der Waals surface area contributed by atoms with E-state index in [1.165, 1.54) is 0 Å². The van der Waals surface area contributed by atoms with Gasteiger partial charge in [-0.15, -0.1) is 0 Å². The molecule has 0 spiro atoms. The first kappa shape index (κ1) is 13.0. The van der Waals surface area contributed by atoms with Crippen LogP contribution in [0.5, 0.6) is 0 Å². The van der Waals surface area contributed by atoms with E-state index in [1.807, 2.05) is 0 Å². The second-order valence-corrected chi connectivity index (χ2v) is 6.26. The Morgan fingerprint density at radius 1 is 1.13 bits per heavy atom. The van der Waals surface area contributed by atoms with Crippen molar-refractivity contribution >= 4 is 10.1 Å². The van der Waals surface area contributed by atoms with Crippen molar-refractivity contribution in [3.05, 3.63) is 0 Å². The molecule has 0 N–H and O–H groups in total. The molecule has 0 unspecified atom stereocenters. The normalized spacial score (nSPS) is 28.3. The van der Waals surface area contributed by atoms with E-state index in [2.05, 4.69) is 13.8 Å². The van der Waals surface area contributed by atoms with Crippen LogP contribution in [0.4, 0.5) is 0 Å². The van der Waals surface area contributed by atoms with Crippen LogP contribution in [0.25, 0.3) is 0 Å². The summed E-state index contributed by atoms with van der Waals surface area (Å²) in [7, 11) is -4.04. The van der Waals surface area contributed by atoms with Gasteiger partial charge in [-0.05, 0) is 37.5 Å². The van der Waals surface area contributed by atoms with E-state index >= 15 is 0 Å². The van der Waals surface area contributed by atoms with Crippen molar-refractivity contribution in [3.63, 3.8) is 0 Å². The van der Waals surface area contributed by atoms with Crippen molar-refractivity contribution in [2.45, 2.75) is 57.6 Å². The van der Waals surface area contributed by atoms with Crippen molar-refractivity contribution < 1.29 is 13.0 Å². The first-order valence-corrected chi connectivity index (χ1v) is 7.40. The lowest BCUT2D eigenvalue weighted by Crippen LogP contribution is -2.29. The van der Waals surface area contributed by atoms with E-state index in [-0.39, 0.29) is 0 Å². The number of rotatable bonds is 4. The van der Waals surface area contributed by atoms with Gasteiger partial charge in [0.25, 0.3) is 0 Å². The van der Waals surface area contributed by atoms with Gasteiger partial charge in [0.1, 0.15) is 0 Å². The Bertz CT molecular complexity index is 272. The van der Waals surface area contributed by atoms with E-state index in [9.17, 15) is 13.0 Å². The lowest BCUT2D eigenvalue weighted by molar-refractivity contribution is 0.233. The third-order valence-electron chi connectivity index (χ3n) is 3.84. The Morgan fingerprint density at radius 3 is 1.93 bits per heavy atom. The molecule has 15 heavy (non-hydrogen) atoms. The summed E-state index contributed by atoms with van der Waals surface area (Å²) in [5, 5.41) is -0.608. The fourth-order valence-electron chi connectivity index (χ4n) is 2.80. The lowest BCUT2D eigenvalue weighted by atomic mass is 9.77. The smallest absolute Gasteiger partial charge is 0.0975 e. The third-order valence-corrected chi connectivity index (χ3v) is 5.13. The van der Waals surface area contributed by atoms with Crippen LogP contribution in [0, 0.1) is 11.8 Å². The summed E-state index contributed by atoms with van der Waals surface area (Å²) >= 11 is 0. The molecule has 0 saturated heterocycles. The Kier molecular flexibility index (Phi) is 4.59. The van der Waals surface area contributed by atoms with E-state index in [4.69, 9.17) is 0 Å². The summed E-state index contributed by atoms with van der Waals surface area (Å²) in [5.41, 5.74) is 0. The van der Waals surface area contributed by atoms with Crippen LogP contribution >= 0.6 is 0 Å². The van der Waals surface area contributed by atoms with E-state index < -0.39 is 15.4 Å². The highest BCUT2D eigenvalue weighted by molar-refractivity contribution is 7.86. The van der Waals surface area contributed by atoms with Gasteiger partial charge in [0.15, 0.2) is 0 Å². The number of hydrogen-bond donors (Lipinski definition) is 0. The molecule has 90 valence electrons. The zero-order valence-corrected chi connectivity index (χ0v) is 10.4. The van der Waals surface area contributed by atoms with Gasteiger partial charge in [0, 0.05) is 5.25 Å². The molecule has 0 aliphatic heterocycles. The van der Waals surface area contributed by atoms with Crippen LogP contribution in [0.3, 0.4) is 0 Å². The molecule has 1 aliphatic rings. The second kappa shape index (κ2) is 5.30. The predicted molar refractivity (Wildman–Crippen MR) is 59.5 cm³/mol. The van der Waals surface area contributed by atoms with Crippen molar-refractivity contribution in [1.29, 1.82) is 0 Å². The maximum Gasteiger partial charge on any atom is 0.0975 e. The highest BCUT2D eigenvalue weighted by Gasteiger charge is 2.28. The van der Waals surface area contributed by atoms with Crippen molar-refractivity contribution in [2.75, 3.05) is 0 Å². The third kappa shape index (κ3) is 3.45. The van der Waals surface area contributed by atoms with Gasteiger partial charge in [0.2, 0.25) is 0 Å². The summed E-state index contributed by atoms with van der Waals surface area (Å²) in [6, 6.07) is 0. The Labute approximate surface area is 93.0 Å². The van der Waals surface area contributed by atoms with Gasteiger partial charge in [0.05, 0.1) is 10.1 Å². The van der Waals surface area contributed by atoms with Crippen LogP contribution in [-0.4, -0.2) is 18.2 Å². The van der Waals surface area contributed by atoms with Gasteiger partial charge in [-0.1, -0.05) is 26.7 Å². The molecule has 4 heteroatoms. The second-order valence-electron chi connectivity index (χ2n) is 4.61. The topological polar surface area (TPSA) is 57.2 Å². The molecule has 1 aliphatic carbocycles. The van der Waals surface area contributed by atoms with Gasteiger partial charge in [-0.25, -0.2) is 8.42 Å². The minimum atomic E-state index is -4.04. The summed E-state index contributed by atoms with van der Waals surface area (Å²) in [6.07, 6.45) is 5.31. The van der Waals surface area contributed by atoms with E-state index in [1.54, 1.807) is 0 Å². The SMILES string of the molecule is CCC(CC)C1CCC(S(=O)(=O)[O-])CC1. The average molecular weight is 233 g/mol. The van der Waals surface area contributed by atoms with Gasteiger partial charge < -0.3 is 4.55 Å². The van der Waals surface area contributed by atoms with Crippen molar-refractivity contribution in [2.24, 2.45) is 11.8 Å². The molecule has 1 rings (SSSR count). The first-order chi connectivity index (χ1) is 6.99. The summed E-state index contributed by atoms with van der Waals surface area (Å²) in [4.78, 5) is 0. The summed E-state index contributed by atoms with van der Waals surface area (Å²) < 4.78 is 32.5. The molecular formula is C11H21O3S-. The minimum Gasteiger partial charge on any atom is -0.748 e. The fraction of sp³-hybridized carbons (Fsp3) is 1.00. The number of hydrogen-bond acceptors (Lipinski definition) is 3. The molecule has 1 fully saturated rings. The van der Waals surface area contributed by atoms with Crippen molar-refractivity contribution in [3.8, 4) is 0 Å². The highest BCUT2D eigenvalue weighted by Crippen LogP contribution is 2.35. The van der Waals surface area contributed by atoms with E-state index in [0.717, 1.165) is 25.7 Å². The molecule has 3 nitrogen and oxygen atoms in total. The predicted octanol–water partition coefficient (Wildman–Crippen LogP) is 2.53. The molecule has 0 bridgehead atoms. The van der Waals surface area contributed by atoms with Gasteiger partial charge in [-0.2, -0.15) is 0 Å². The standard InChI is InChI=1S/C11H22O3S/c1-3-9(4-2)10-5-7-11(8-6-10)15(12,13)14/h9-11H,3-8H2,1-2H3,(H,12,13,14)/p-1. The fourth-order valence-corrected chi connectivity index (χ4v) is 3.65. The van der Waals surface area contributed by atoms with E-state index in [0.29, 0.717) is 24.7 Å². The maximum atomic E-state index is 10.8. The van der Waals surface area contributed by atoms with Gasteiger partial charge in [-0.3, -0.25) is 0 Å². The summed E-state index contributed by atoms with van der Waals surface area (Å²) in [5.74, 6) is 1.35. The highest BCUT2D eigenvalue weighted by atomic mass is 32.2. The first-order valence-electron chi connectivity index (χ1n) is 5.93. The average Bonchev–Trinajstić information content (AvgIpc) is 2.19. The monoisotopic (exact) mass is 233 g/mol. The van der Waals surface area contributed by atoms with Crippen LogP contribution in [0.1, 0.15) is 52.4 Å². The molecule has 0 heterocycles. The molecule has 1 saturated carbocycles. The molecule has 0 aromatic rings. The molecule has 0 atom stereocenters. The zero-order chi connectivity index (χ0) is 11.5. The van der Waals surface area contributed by atoms with Crippen LogP contribution in [-0.2, 0) is 10.1 Å². The van der Waals surface area contributed by atoms with Crippen LogP contribution < -0.4 is 0 Å². The van der Waals surface area contributed by atoms with Crippen LogP contribution in [0.15, 0.2) is 0 Å². The molecule has 0 aromatic heterocycles. The zero-order valence-electron chi connectivity index (χ0n) is 9.61. The van der Waals surface area contributed by atoms with Gasteiger partial charge >= 0.3 is 0 Å². The lowest BCUT2D eigenvalue weighted by Gasteiger charge is -2.34. The Balaban J connectivity index is 2.49. The van der Waals surface area contributed by atoms with Crippen LogP contribution in [0.2, 0.25) is 0 Å². The molecular weight excluding hydrogens is 212 g/mol. The molecule has 0 amide bonds. The quantitative estimate of drug-likeness (QED) is 0.701. The molecule has 0 aromatic carbocycles. The van der Waals surface area contributed by atoms with Crippen molar-refractivity contribution in [1.82, 2.24) is 0 Å². The summed E-state index contributed by atoms with van der Waals surface area (Å²) in [6.45, 7) is 4.37. The largest absolute Gasteiger partial charge is 0.748 e.